The summed E-state index contributed by atoms with van der Waals surface area (Å²) in [5.74, 6) is 5.89. The molecule has 106 valence electrons. The Morgan fingerprint density at radius 3 is 2.21 bits per heavy atom. The van der Waals surface area contributed by atoms with Crippen molar-refractivity contribution in [3.8, 4) is 0 Å². The highest BCUT2D eigenvalue weighted by Gasteiger charge is 2.39. The van der Waals surface area contributed by atoms with E-state index in [0.717, 1.165) is 6.42 Å². The number of hydrogen-bond donors (Lipinski definition) is 2. The standard InChI is InChI=1S/C17H28N2/c1-4-17(7-5-6-8-17)16(19-18)12-15-10-13(2)9-14(3)11-15/h9-11,16,19H,4-8,12,18H2,1-3H3. The van der Waals surface area contributed by atoms with Crippen LogP contribution in [0.5, 0.6) is 0 Å². The van der Waals surface area contributed by atoms with E-state index in [1.165, 1.54) is 48.8 Å². The first-order valence-electron chi connectivity index (χ1n) is 7.63. The van der Waals surface area contributed by atoms with Crippen molar-refractivity contribution < 1.29 is 0 Å². The molecule has 2 rings (SSSR count). The third-order valence-electron chi connectivity index (χ3n) is 4.97. The van der Waals surface area contributed by atoms with Crippen LogP contribution in [0.25, 0.3) is 0 Å². The lowest BCUT2D eigenvalue weighted by atomic mass is 9.74. The zero-order valence-corrected chi connectivity index (χ0v) is 12.6. The highest BCUT2D eigenvalue weighted by atomic mass is 15.2. The fourth-order valence-electron chi connectivity index (χ4n) is 3.90. The van der Waals surface area contributed by atoms with Gasteiger partial charge in [0, 0.05) is 6.04 Å². The summed E-state index contributed by atoms with van der Waals surface area (Å²) in [5.41, 5.74) is 7.65. The predicted octanol–water partition coefficient (Wildman–Crippen LogP) is 3.65. The van der Waals surface area contributed by atoms with E-state index in [1.54, 1.807) is 0 Å². The first-order valence-corrected chi connectivity index (χ1v) is 7.63. The van der Waals surface area contributed by atoms with Crippen molar-refractivity contribution in [1.82, 2.24) is 5.43 Å². The number of hydrazine groups is 1. The maximum Gasteiger partial charge on any atom is 0.0307 e. The Balaban J connectivity index is 2.18. The van der Waals surface area contributed by atoms with E-state index in [4.69, 9.17) is 5.84 Å². The van der Waals surface area contributed by atoms with Crippen molar-refractivity contribution >= 4 is 0 Å². The molecule has 1 atom stereocenters. The molecule has 1 unspecified atom stereocenters. The van der Waals surface area contributed by atoms with E-state index in [-0.39, 0.29) is 0 Å². The van der Waals surface area contributed by atoms with Crippen molar-refractivity contribution in [2.45, 2.75) is 65.3 Å². The molecule has 0 aromatic heterocycles. The Kier molecular flexibility index (Phi) is 4.64. The van der Waals surface area contributed by atoms with Crippen LogP contribution in [0.2, 0.25) is 0 Å². The van der Waals surface area contributed by atoms with E-state index >= 15 is 0 Å². The molecule has 1 aliphatic carbocycles. The van der Waals surface area contributed by atoms with Gasteiger partial charge in [-0.1, -0.05) is 49.1 Å². The first-order chi connectivity index (χ1) is 9.09. The fraction of sp³-hybridized carbons (Fsp3) is 0.647. The summed E-state index contributed by atoms with van der Waals surface area (Å²) in [6, 6.07) is 7.24. The molecule has 0 saturated heterocycles. The third kappa shape index (κ3) is 3.18. The summed E-state index contributed by atoms with van der Waals surface area (Å²) in [5, 5.41) is 0. The maximum absolute atomic E-state index is 5.89. The van der Waals surface area contributed by atoms with Crippen LogP contribution in [0, 0.1) is 19.3 Å². The highest BCUT2D eigenvalue weighted by molar-refractivity contribution is 5.29. The third-order valence-corrected chi connectivity index (χ3v) is 4.97. The topological polar surface area (TPSA) is 38.0 Å². The number of hydrogen-bond acceptors (Lipinski definition) is 2. The minimum Gasteiger partial charge on any atom is -0.271 e. The normalized spacial score (nSPS) is 19.6. The van der Waals surface area contributed by atoms with Crippen molar-refractivity contribution in [3.05, 3.63) is 34.9 Å². The quantitative estimate of drug-likeness (QED) is 0.626. The molecule has 1 saturated carbocycles. The molecule has 0 radical (unpaired) electrons. The lowest BCUT2D eigenvalue weighted by molar-refractivity contribution is 0.185. The zero-order valence-electron chi connectivity index (χ0n) is 12.6. The predicted molar refractivity (Wildman–Crippen MR) is 81.9 cm³/mol. The van der Waals surface area contributed by atoms with Crippen LogP contribution in [0.4, 0.5) is 0 Å². The van der Waals surface area contributed by atoms with E-state index in [9.17, 15) is 0 Å². The summed E-state index contributed by atoms with van der Waals surface area (Å²) in [6.45, 7) is 6.66. The average Bonchev–Trinajstić information content (AvgIpc) is 2.84. The summed E-state index contributed by atoms with van der Waals surface area (Å²) < 4.78 is 0. The van der Waals surface area contributed by atoms with Gasteiger partial charge in [0.15, 0.2) is 0 Å². The molecule has 3 N–H and O–H groups in total. The Hall–Kier alpha value is -0.860. The van der Waals surface area contributed by atoms with Crippen LogP contribution >= 0.6 is 0 Å². The van der Waals surface area contributed by atoms with E-state index in [1.807, 2.05) is 0 Å². The molecule has 2 heteroatoms. The molecule has 0 spiro atoms. The second-order valence-electron chi connectivity index (χ2n) is 6.34. The second kappa shape index (κ2) is 6.06. The van der Waals surface area contributed by atoms with Gasteiger partial charge < -0.3 is 0 Å². The van der Waals surface area contributed by atoms with Crippen LogP contribution in [-0.2, 0) is 6.42 Å². The Bertz CT molecular complexity index is 399. The fourth-order valence-corrected chi connectivity index (χ4v) is 3.90. The number of rotatable bonds is 5. The minimum absolute atomic E-state index is 0.404. The van der Waals surface area contributed by atoms with Gasteiger partial charge in [0.2, 0.25) is 0 Å². The van der Waals surface area contributed by atoms with Gasteiger partial charge in [-0.15, -0.1) is 0 Å². The molecule has 0 bridgehead atoms. The summed E-state index contributed by atoms with van der Waals surface area (Å²) in [7, 11) is 0. The molecule has 0 heterocycles. The monoisotopic (exact) mass is 260 g/mol. The van der Waals surface area contributed by atoms with Gasteiger partial charge in [-0.3, -0.25) is 11.3 Å². The van der Waals surface area contributed by atoms with E-state index in [0.29, 0.717) is 11.5 Å². The summed E-state index contributed by atoms with van der Waals surface area (Å²) in [4.78, 5) is 0. The van der Waals surface area contributed by atoms with Gasteiger partial charge in [0.25, 0.3) is 0 Å². The first kappa shape index (κ1) is 14.5. The van der Waals surface area contributed by atoms with Gasteiger partial charge in [-0.25, -0.2) is 0 Å². The van der Waals surface area contributed by atoms with E-state index < -0.39 is 0 Å². The van der Waals surface area contributed by atoms with Crippen LogP contribution in [0.3, 0.4) is 0 Å². The average molecular weight is 260 g/mol. The lowest BCUT2D eigenvalue weighted by Gasteiger charge is -2.36. The molecule has 1 fully saturated rings. The largest absolute Gasteiger partial charge is 0.271 e. The molecule has 1 aromatic carbocycles. The molecule has 1 aromatic rings. The van der Waals surface area contributed by atoms with E-state index in [2.05, 4.69) is 44.4 Å². The smallest absolute Gasteiger partial charge is 0.0307 e. The van der Waals surface area contributed by atoms with Crippen LogP contribution < -0.4 is 11.3 Å². The van der Waals surface area contributed by atoms with Crippen molar-refractivity contribution in [1.29, 1.82) is 0 Å². The molecule has 0 amide bonds. The highest BCUT2D eigenvalue weighted by Crippen LogP contribution is 2.44. The maximum atomic E-state index is 5.89. The Labute approximate surface area is 117 Å². The SMILES string of the molecule is CCC1(C(Cc2cc(C)cc(C)c2)NN)CCCC1. The molecular formula is C17H28N2. The number of nitrogens with two attached hydrogens (primary N) is 1. The van der Waals surface area contributed by atoms with Gasteiger partial charge in [0.05, 0.1) is 0 Å². The Morgan fingerprint density at radius 2 is 1.74 bits per heavy atom. The minimum atomic E-state index is 0.404. The molecular weight excluding hydrogens is 232 g/mol. The van der Waals surface area contributed by atoms with Crippen molar-refractivity contribution in [3.63, 3.8) is 0 Å². The van der Waals surface area contributed by atoms with Gasteiger partial charge in [-0.2, -0.15) is 0 Å². The Morgan fingerprint density at radius 1 is 1.16 bits per heavy atom. The van der Waals surface area contributed by atoms with Gasteiger partial charge >= 0.3 is 0 Å². The van der Waals surface area contributed by atoms with Crippen LogP contribution in [0.1, 0.15) is 55.7 Å². The molecule has 19 heavy (non-hydrogen) atoms. The lowest BCUT2D eigenvalue weighted by Crippen LogP contribution is -2.48. The number of nitrogens with one attached hydrogen (secondary N) is 1. The van der Waals surface area contributed by atoms with Gasteiger partial charge in [0.1, 0.15) is 0 Å². The number of benzene rings is 1. The van der Waals surface area contributed by atoms with Gasteiger partial charge in [-0.05, 0) is 50.5 Å². The van der Waals surface area contributed by atoms with Crippen molar-refractivity contribution in [2.24, 2.45) is 11.3 Å². The zero-order chi connectivity index (χ0) is 13.9. The molecule has 2 nitrogen and oxygen atoms in total. The van der Waals surface area contributed by atoms with Crippen LogP contribution in [0.15, 0.2) is 18.2 Å². The number of aryl methyl sites for hydroxylation is 2. The van der Waals surface area contributed by atoms with Crippen LogP contribution in [-0.4, -0.2) is 6.04 Å². The summed E-state index contributed by atoms with van der Waals surface area (Å²) >= 11 is 0. The second-order valence-corrected chi connectivity index (χ2v) is 6.34. The molecule has 0 aliphatic heterocycles. The summed E-state index contributed by atoms with van der Waals surface area (Å²) in [6.07, 6.45) is 7.64. The van der Waals surface area contributed by atoms with Crippen molar-refractivity contribution in [2.75, 3.05) is 0 Å². The molecule has 1 aliphatic rings.